The lowest BCUT2D eigenvalue weighted by Gasteiger charge is -2.24. The Kier molecular flexibility index (Phi) is 5.15. The molecule has 0 saturated carbocycles. The fourth-order valence-electron chi connectivity index (χ4n) is 1.39. The minimum Gasteiger partial charge on any atom is -0.478 e. The highest BCUT2D eigenvalue weighted by Gasteiger charge is 2.19. The Morgan fingerprint density at radius 1 is 1.24 bits per heavy atom. The number of aliphatic carboxylic acids is 2. The highest BCUT2D eigenvalue weighted by atomic mass is 16.5. The van der Waals surface area contributed by atoms with Crippen LogP contribution in [0.25, 0.3) is 0 Å². The molecule has 17 heavy (non-hydrogen) atoms. The molecule has 2 heterocycles. The Morgan fingerprint density at radius 2 is 1.88 bits per heavy atom. The average molecular weight is 242 g/mol. The Hall–Kier alpha value is -1.89. The summed E-state index contributed by atoms with van der Waals surface area (Å²) in [6, 6.07) is 0. The van der Waals surface area contributed by atoms with Gasteiger partial charge in [0.1, 0.15) is 12.4 Å². The summed E-state index contributed by atoms with van der Waals surface area (Å²) in [5.74, 6) is -1.36. The Balaban J connectivity index is 0.000000172. The van der Waals surface area contributed by atoms with E-state index in [1.807, 2.05) is 0 Å². The zero-order chi connectivity index (χ0) is 12.7. The number of carbonyl (C=O) groups is 2. The van der Waals surface area contributed by atoms with Crippen LogP contribution < -0.4 is 0 Å². The zero-order valence-corrected chi connectivity index (χ0v) is 9.20. The fourth-order valence-corrected chi connectivity index (χ4v) is 1.39. The zero-order valence-electron chi connectivity index (χ0n) is 9.20. The molecule has 0 atom stereocenters. The van der Waals surface area contributed by atoms with Crippen molar-refractivity contribution in [2.75, 3.05) is 32.8 Å². The van der Waals surface area contributed by atoms with Gasteiger partial charge in [-0.15, -0.1) is 0 Å². The second-order valence-electron chi connectivity index (χ2n) is 3.35. The SMILES string of the molecule is C1CN2CCOCC2=N1.O=C(O)C=CC(=O)O. The van der Waals surface area contributed by atoms with E-state index in [9.17, 15) is 9.59 Å². The molecule has 0 spiro atoms. The van der Waals surface area contributed by atoms with Gasteiger partial charge in [0.2, 0.25) is 0 Å². The van der Waals surface area contributed by atoms with Gasteiger partial charge in [-0.25, -0.2) is 9.59 Å². The van der Waals surface area contributed by atoms with Crippen molar-refractivity contribution in [1.29, 1.82) is 0 Å². The minimum atomic E-state index is -1.26. The Bertz CT molecular complexity index is 335. The molecule has 2 rings (SSSR count). The summed E-state index contributed by atoms with van der Waals surface area (Å²) in [4.78, 5) is 25.7. The van der Waals surface area contributed by atoms with Crippen LogP contribution in [0.4, 0.5) is 0 Å². The van der Waals surface area contributed by atoms with Crippen LogP contribution in [0.15, 0.2) is 17.1 Å². The van der Waals surface area contributed by atoms with Crippen LogP contribution >= 0.6 is 0 Å². The summed E-state index contributed by atoms with van der Waals surface area (Å²) in [5, 5.41) is 15.6. The first kappa shape index (κ1) is 13.2. The molecule has 0 aromatic rings. The van der Waals surface area contributed by atoms with Gasteiger partial charge in [-0.3, -0.25) is 4.99 Å². The van der Waals surface area contributed by atoms with E-state index in [1.165, 1.54) is 0 Å². The summed E-state index contributed by atoms with van der Waals surface area (Å²) < 4.78 is 5.21. The normalized spacial score (nSPS) is 18.1. The highest BCUT2D eigenvalue weighted by molar-refractivity contribution is 5.89. The number of aliphatic imine (C=N–C) groups is 1. The lowest BCUT2D eigenvalue weighted by molar-refractivity contribution is -0.134. The number of carboxylic acid groups (broad SMARTS) is 2. The summed E-state index contributed by atoms with van der Waals surface area (Å²) in [6.07, 6.45) is 1.12. The molecule has 0 aromatic carbocycles. The molecule has 1 fully saturated rings. The van der Waals surface area contributed by atoms with Crippen LogP contribution in [0.3, 0.4) is 0 Å². The molecule has 0 aromatic heterocycles. The maximum absolute atomic E-state index is 9.55. The summed E-state index contributed by atoms with van der Waals surface area (Å²) in [5.41, 5.74) is 0. The third kappa shape index (κ3) is 5.12. The number of rotatable bonds is 2. The van der Waals surface area contributed by atoms with E-state index in [4.69, 9.17) is 14.9 Å². The largest absolute Gasteiger partial charge is 0.478 e. The van der Waals surface area contributed by atoms with Crippen LogP contribution in [-0.2, 0) is 14.3 Å². The third-order valence-electron chi connectivity index (χ3n) is 2.13. The molecule has 0 amide bonds. The van der Waals surface area contributed by atoms with E-state index in [0.717, 1.165) is 38.7 Å². The van der Waals surface area contributed by atoms with Crippen molar-refractivity contribution in [3.05, 3.63) is 12.2 Å². The fraction of sp³-hybridized carbons (Fsp3) is 0.500. The second kappa shape index (κ2) is 6.64. The Labute approximate surface area is 98.0 Å². The predicted molar refractivity (Wildman–Crippen MR) is 59.1 cm³/mol. The maximum atomic E-state index is 9.55. The van der Waals surface area contributed by atoms with Gasteiger partial charge < -0.3 is 19.8 Å². The predicted octanol–water partition coefficient (Wildman–Crippen LogP) is -0.557. The van der Waals surface area contributed by atoms with Crippen LogP contribution in [-0.4, -0.2) is 65.7 Å². The lowest BCUT2D eigenvalue weighted by atomic mass is 10.4. The average Bonchev–Trinajstić information content (AvgIpc) is 2.75. The van der Waals surface area contributed by atoms with Crippen molar-refractivity contribution >= 4 is 17.8 Å². The number of hydrogen-bond acceptors (Lipinski definition) is 5. The standard InChI is InChI=1S/C6H10N2O.C4H4O4/c1-2-8-3-4-9-5-6(8)7-1;5-3(6)1-2-4(7)8/h1-5H2;1-2H,(H,5,6)(H,7,8). The topological polar surface area (TPSA) is 99.4 Å². The van der Waals surface area contributed by atoms with Crippen LogP contribution in [0.5, 0.6) is 0 Å². The highest BCUT2D eigenvalue weighted by Crippen LogP contribution is 2.05. The summed E-state index contributed by atoms with van der Waals surface area (Å²) in [7, 11) is 0. The van der Waals surface area contributed by atoms with Crippen molar-refractivity contribution in [2.45, 2.75) is 0 Å². The van der Waals surface area contributed by atoms with Gasteiger partial charge >= 0.3 is 11.9 Å². The Morgan fingerprint density at radius 3 is 2.41 bits per heavy atom. The molecule has 2 aliphatic rings. The number of fused-ring (bicyclic) bond motifs is 1. The van der Waals surface area contributed by atoms with E-state index in [-0.39, 0.29) is 0 Å². The third-order valence-corrected chi connectivity index (χ3v) is 2.13. The van der Waals surface area contributed by atoms with Gasteiger partial charge in [-0.1, -0.05) is 0 Å². The first-order valence-electron chi connectivity index (χ1n) is 5.09. The van der Waals surface area contributed by atoms with Gasteiger partial charge in [0.15, 0.2) is 0 Å². The van der Waals surface area contributed by atoms with E-state index in [0.29, 0.717) is 12.2 Å². The van der Waals surface area contributed by atoms with Crippen molar-refractivity contribution < 1.29 is 24.5 Å². The molecule has 0 radical (unpaired) electrons. The molecule has 0 aliphatic carbocycles. The van der Waals surface area contributed by atoms with E-state index >= 15 is 0 Å². The number of ether oxygens (including phenoxy) is 1. The molecular weight excluding hydrogens is 228 g/mol. The molecule has 0 unspecified atom stereocenters. The van der Waals surface area contributed by atoms with Crippen molar-refractivity contribution in [3.63, 3.8) is 0 Å². The first-order valence-corrected chi connectivity index (χ1v) is 5.09. The monoisotopic (exact) mass is 242 g/mol. The van der Waals surface area contributed by atoms with Gasteiger partial charge in [-0.2, -0.15) is 0 Å². The number of hydrogen-bond donors (Lipinski definition) is 2. The lowest BCUT2D eigenvalue weighted by Crippen LogP contribution is -2.38. The van der Waals surface area contributed by atoms with Crippen molar-refractivity contribution in [3.8, 4) is 0 Å². The number of morpholine rings is 1. The van der Waals surface area contributed by atoms with Crippen LogP contribution in [0.1, 0.15) is 0 Å². The summed E-state index contributed by atoms with van der Waals surface area (Å²) >= 11 is 0. The molecule has 94 valence electrons. The van der Waals surface area contributed by atoms with E-state index in [2.05, 4.69) is 9.89 Å². The van der Waals surface area contributed by atoms with Gasteiger partial charge in [0, 0.05) is 25.2 Å². The smallest absolute Gasteiger partial charge is 0.328 e. The van der Waals surface area contributed by atoms with Crippen LogP contribution in [0.2, 0.25) is 0 Å². The van der Waals surface area contributed by atoms with E-state index in [1.54, 1.807) is 0 Å². The van der Waals surface area contributed by atoms with Crippen molar-refractivity contribution in [1.82, 2.24) is 4.90 Å². The minimum absolute atomic E-state index is 0.558. The molecule has 2 N–H and O–H groups in total. The molecule has 2 aliphatic heterocycles. The molecule has 0 bridgehead atoms. The molecule has 1 saturated heterocycles. The number of carboxylic acids is 2. The molecular formula is C10H14N2O5. The van der Waals surface area contributed by atoms with Crippen molar-refractivity contribution in [2.24, 2.45) is 4.99 Å². The number of nitrogens with zero attached hydrogens (tertiary/aromatic N) is 2. The van der Waals surface area contributed by atoms with Gasteiger partial charge in [0.25, 0.3) is 0 Å². The quantitative estimate of drug-likeness (QED) is 0.630. The van der Waals surface area contributed by atoms with Crippen LogP contribution in [0, 0.1) is 0 Å². The molecule has 7 heteroatoms. The van der Waals surface area contributed by atoms with Gasteiger partial charge in [-0.05, 0) is 0 Å². The molecule has 7 nitrogen and oxygen atoms in total. The maximum Gasteiger partial charge on any atom is 0.328 e. The van der Waals surface area contributed by atoms with Gasteiger partial charge in [0.05, 0.1) is 13.2 Å². The number of amidine groups is 1. The summed E-state index contributed by atoms with van der Waals surface area (Å²) in [6.45, 7) is 4.73. The second-order valence-corrected chi connectivity index (χ2v) is 3.35. The first-order chi connectivity index (χ1) is 8.09. The van der Waals surface area contributed by atoms with E-state index < -0.39 is 11.9 Å².